The molecule has 2 amide bonds. The Morgan fingerprint density at radius 3 is 2.29 bits per heavy atom. The molecule has 0 aliphatic carbocycles. The molecule has 168 valence electrons. The molecule has 7 nitrogen and oxygen atoms in total. The zero-order valence-corrected chi connectivity index (χ0v) is 17.7. The summed E-state index contributed by atoms with van der Waals surface area (Å²) in [5.74, 6) is -3.06. The van der Waals surface area contributed by atoms with Crippen molar-refractivity contribution >= 4 is 40.5 Å². The summed E-state index contributed by atoms with van der Waals surface area (Å²) in [4.78, 5) is 36.4. The average molecular weight is 455 g/mol. The normalized spacial score (nSPS) is 10.7. The van der Waals surface area contributed by atoms with Crippen molar-refractivity contribution in [1.29, 1.82) is 0 Å². The van der Waals surface area contributed by atoms with Crippen molar-refractivity contribution in [3.05, 3.63) is 108 Å². The summed E-state index contributed by atoms with van der Waals surface area (Å²) >= 11 is 0. The molecule has 0 heterocycles. The van der Waals surface area contributed by atoms with Crippen molar-refractivity contribution in [3.8, 4) is 5.75 Å². The first-order chi connectivity index (χ1) is 16.5. The Bertz CT molecular complexity index is 1400. The fourth-order valence-electron chi connectivity index (χ4n) is 3.14. The van der Waals surface area contributed by atoms with Crippen LogP contribution in [0.25, 0.3) is 10.8 Å². The number of rotatable bonds is 5. The van der Waals surface area contributed by atoms with E-state index in [4.69, 9.17) is 4.74 Å². The fourth-order valence-corrected chi connectivity index (χ4v) is 3.14. The Balaban J connectivity index is 1.32. The SMILES string of the molecule is O=C(N/N=C/c1ccc(OC(=O)c2ccccc2F)cc1)C(=O)Nc1cccc2ccccc12. The van der Waals surface area contributed by atoms with Crippen molar-refractivity contribution < 1.29 is 23.5 Å². The summed E-state index contributed by atoms with van der Waals surface area (Å²) in [5, 5.41) is 8.09. The summed E-state index contributed by atoms with van der Waals surface area (Å²) < 4.78 is 18.8. The minimum atomic E-state index is -0.931. The van der Waals surface area contributed by atoms with Gasteiger partial charge in [-0.25, -0.2) is 14.6 Å². The largest absolute Gasteiger partial charge is 0.423 e. The lowest BCUT2D eigenvalue weighted by Gasteiger charge is -2.07. The molecule has 0 bridgehead atoms. The standard InChI is InChI=1S/C26H18FN3O4/c27-22-10-4-3-9-21(22)26(33)34-19-14-12-17(13-15-19)16-28-30-25(32)24(31)29-23-11-5-7-18-6-1-2-8-20(18)23/h1-16H,(H,29,31)(H,30,32)/b28-16+. The number of hydrogen-bond donors (Lipinski definition) is 2. The number of amides is 2. The molecular weight excluding hydrogens is 437 g/mol. The van der Waals surface area contributed by atoms with Gasteiger partial charge in [0, 0.05) is 11.1 Å². The lowest BCUT2D eigenvalue weighted by atomic mass is 10.1. The predicted octanol–water partition coefficient (Wildman–Crippen LogP) is 4.29. The molecule has 34 heavy (non-hydrogen) atoms. The lowest BCUT2D eigenvalue weighted by Crippen LogP contribution is -2.32. The molecule has 0 atom stereocenters. The topological polar surface area (TPSA) is 96.9 Å². The summed E-state index contributed by atoms with van der Waals surface area (Å²) in [6.07, 6.45) is 1.32. The second-order valence-corrected chi connectivity index (χ2v) is 7.12. The molecule has 4 aromatic rings. The van der Waals surface area contributed by atoms with Crippen LogP contribution in [0.4, 0.5) is 10.1 Å². The van der Waals surface area contributed by atoms with Crippen LogP contribution in [0.3, 0.4) is 0 Å². The quantitative estimate of drug-likeness (QED) is 0.154. The van der Waals surface area contributed by atoms with Crippen LogP contribution in [0.1, 0.15) is 15.9 Å². The Labute approximate surface area is 193 Å². The molecule has 2 N–H and O–H groups in total. The number of hydrogen-bond acceptors (Lipinski definition) is 5. The Hall–Kier alpha value is -4.85. The van der Waals surface area contributed by atoms with E-state index in [9.17, 15) is 18.8 Å². The van der Waals surface area contributed by atoms with E-state index in [2.05, 4.69) is 15.8 Å². The average Bonchev–Trinajstić information content (AvgIpc) is 2.85. The fraction of sp³-hybridized carbons (Fsp3) is 0. The minimum absolute atomic E-state index is 0.169. The highest BCUT2D eigenvalue weighted by Gasteiger charge is 2.15. The molecule has 4 rings (SSSR count). The number of fused-ring (bicyclic) bond motifs is 1. The second kappa shape index (κ2) is 10.2. The summed E-state index contributed by atoms with van der Waals surface area (Å²) in [6.45, 7) is 0. The number of carbonyl (C=O) groups excluding carboxylic acids is 3. The molecule has 0 saturated heterocycles. The van der Waals surface area contributed by atoms with E-state index in [1.54, 1.807) is 24.3 Å². The highest BCUT2D eigenvalue weighted by molar-refractivity contribution is 6.40. The van der Waals surface area contributed by atoms with E-state index < -0.39 is 23.6 Å². The van der Waals surface area contributed by atoms with Gasteiger partial charge >= 0.3 is 17.8 Å². The third-order valence-electron chi connectivity index (χ3n) is 4.81. The van der Waals surface area contributed by atoms with E-state index in [1.165, 1.54) is 42.6 Å². The van der Waals surface area contributed by atoms with Crippen LogP contribution < -0.4 is 15.5 Å². The molecular formula is C26H18FN3O4. The molecule has 0 radical (unpaired) electrons. The van der Waals surface area contributed by atoms with Gasteiger partial charge in [-0.05, 0) is 53.4 Å². The molecule has 0 aromatic heterocycles. The Morgan fingerprint density at radius 2 is 1.50 bits per heavy atom. The predicted molar refractivity (Wildman–Crippen MR) is 126 cm³/mol. The number of carbonyl (C=O) groups is 3. The minimum Gasteiger partial charge on any atom is -0.423 e. The zero-order chi connectivity index (χ0) is 23.9. The van der Waals surface area contributed by atoms with E-state index in [0.717, 1.165) is 10.8 Å². The van der Waals surface area contributed by atoms with Gasteiger partial charge in [0.1, 0.15) is 11.6 Å². The molecule has 4 aromatic carbocycles. The number of nitrogens with zero attached hydrogens (tertiary/aromatic N) is 1. The summed E-state index contributed by atoms with van der Waals surface area (Å²) in [5.41, 5.74) is 3.08. The van der Waals surface area contributed by atoms with Gasteiger partial charge in [0.05, 0.1) is 11.8 Å². The van der Waals surface area contributed by atoms with Crippen LogP contribution in [0.2, 0.25) is 0 Å². The van der Waals surface area contributed by atoms with Crippen LogP contribution >= 0.6 is 0 Å². The van der Waals surface area contributed by atoms with E-state index in [-0.39, 0.29) is 11.3 Å². The second-order valence-electron chi connectivity index (χ2n) is 7.12. The van der Waals surface area contributed by atoms with Gasteiger partial charge in [-0.1, -0.05) is 48.5 Å². The van der Waals surface area contributed by atoms with Gasteiger partial charge in [0.2, 0.25) is 0 Å². The molecule has 0 unspecified atom stereocenters. The number of benzene rings is 4. The number of ether oxygens (including phenoxy) is 1. The number of halogens is 1. The molecule has 0 saturated carbocycles. The molecule has 0 aliphatic rings. The van der Waals surface area contributed by atoms with Gasteiger partial charge in [-0.2, -0.15) is 5.10 Å². The van der Waals surface area contributed by atoms with Crippen molar-refractivity contribution in [3.63, 3.8) is 0 Å². The van der Waals surface area contributed by atoms with E-state index in [1.807, 2.05) is 30.3 Å². The summed E-state index contributed by atoms with van der Waals surface area (Å²) in [7, 11) is 0. The molecule has 0 spiro atoms. The zero-order valence-electron chi connectivity index (χ0n) is 17.7. The molecule has 0 fully saturated rings. The first-order valence-corrected chi connectivity index (χ1v) is 10.2. The van der Waals surface area contributed by atoms with E-state index >= 15 is 0 Å². The van der Waals surface area contributed by atoms with Gasteiger partial charge in [0.25, 0.3) is 0 Å². The summed E-state index contributed by atoms with van der Waals surface area (Å²) in [6, 6.07) is 24.5. The number of esters is 1. The maximum atomic E-state index is 13.7. The van der Waals surface area contributed by atoms with Crippen molar-refractivity contribution in [1.82, 2.24) is 5.43 Å². The molecule has 8 heteroatoms. The first-order valence-electron chi connectivity index (χ1n) is 10.2. The van der Waals surface area contributed by atoms with E-state index in [0.29, 0.717) is 11.3 Å². The van der Waals surface area contributed by atoms with Crippen molar-refractivity contribution in [2.45, 2.75) is 0 Å². The Kier molecular flexibility index (Phi) is 6.69. The number of anilines is 1. The maximum Gasteiger partial charge on any atom is 0.346 e. The van der Waals surface area contributed by atoms with Gasteiger partial charge in [0.15, 0.2) is 0 Å². The van der Waals surface area contributed by atoms with Crippen LogP contribution in [-0.2, 0) is 9.59 Å². The Morgan fingerprint density at radius 1 is 0.794 bits per heavy atom. The third-order valence-corrected chi connectivity index (χ3v) is 4.81. The number of nitrogens with one attached hydrogen (secondary N) is 2. The van der Waals surface area contributed by atoms with Crippen molar-refractivity contribution in [2.75, 3.05) is 5.32 Å². The first kappa shape index (κ1) is 22.3. The van der Waals surface area contributed by atoms with Gasteiger partial charge in [-0.15, -0.1) is 0 Å². The van der Waals surface area contributed by atoms with Crippen molar-refractivity contribution in [2.24, 2.45) is 5.10 Å². The third kappa shape index (κ3) is 5.31. The van der Waals surface area contributed by atoms with Gasteiger partial charge < -0.3 is 10.1 Å². The monoisotopic (exact) mass is 455 g/mol. The highest BCUT2D eigenvalue weighted by atomic mass is 19.1. The van der Waals surface area contributed by atoms with Crippen LogP contribution in [0.15, 0.2) is 96.1 Å². The van der Waals surface area contributed by atoms with Crippen LogP contribution in [-0.4, -0.2) is 24.0 Å². The van der Waals surface area contributed by atoms with Crippen LogP contribution in [0.5, 0.6) is 5.75 Å². The number of hydrazone groups is 1. The maximum absolute atomic E-state index is 13.7. The lowest BCUT2D eigenvalue weighted by molar-refractivity contribution is -0.136. The van der Waals surface area contributed by atoms with Gasteiger partial charge in [-0.3, -0.25) is 9.59 Å². The highest BCUT2D eigenvalue weighted by Crippen LogP contribution is 2.22. The smallest absolute Gasteiger partial charge is 0.346 e. The van der Waals surface area contributed by atoms with Crippen LogP contribution in [0, 0.1) is 5.82 Å². The molecule has 0 aliphatic heterocycles.